The Hall–Kier alpha value is -1.06. The zero-order chi connectivity index (χ0) is 11.4. The van der Waals surface area contributed by atoms with Crippen LogP contribution in [0.25, 0.3) is 0 Å². The van der Waals surface area contributed by atoms with Gasteiger partial charge in [-0.25, -0.2) is 0 Å². The van der Waals surface area contributed by atoms with E-state index in [9.17, 15) is 0 Å². The van der Waals surface area contributed by atoms with Gasteiger partial charge >= 0.3 is 0 Å². The van der Waals surface area contributed by atoms with Gasteiger partial charge in [-0.1, -0.05) is 25.1 Å². The van der Waals surface area contributed by atoms with Gasteiger partial charge in [-0.2, -0.15) is 0 Å². The van der Waals surface area contributed by atoms with Crippen LogP contribution in [-0.2, 0) is 6.54 Å². The molecule has 1 atom stereocenters. The van der Waals surface area contributed by atoms with Crippen LogP contribution in [0.4, 0.5) is 0 Å². The van der Waals surface area contributed by atoms with Crippen LogP contribution in [-0.4, -0.2) is 36.3 Å². The van der Waals surface area contributed by atoms with Gasteiger partial charge in [-0.05, 0) is 12.0 Å². The van der Waals surface area contributed by atoms with Crippen LogP contribution in [0.5, 0.6) is 5.75 Å². The predicted molar refractivity (Wildman–Crippen MR) is 63.5 cm³/mol. The van der Waals surface area contributed by atoms with E-state index in [4.69, 9.17) is 9.84 Å². The van der Waals surface area contributed by atoms with Gasteiger partial charge in [0.2, 0.25) is 0 Å². The Kier molecular flexibility index (Phi) is 3.80. The Morgan fingerprint density at radius 3 is 3.06 bits per heavy atom. The SMILES string of the molecule is CC(CO)CN1CCOc2ccccc2C1. The van der Waals surface area contributed by atoms with Crippen LogP contribution >= 0.6 is 0 Å². The number of para-hydroxylation sites is 1. The second-order valence-corrected chi connectivity index (χ2v) is 4.48. The number of ether oxygens (including phenoxy) is 1. The normalized spacial score (nSPS) is 18.4. The van der Waals surface area contributed by atoms with E-state index in [1.54, 1.807) is 0 Å². The van der Waals surface area contributed by atoms with Gasteiger partial charge in [0.05, 0.1) is 0 Å². The minimum absolute atomic E-state index is 0.249. The molecule has 1 aromatic carbocycles. The molecule has 2 rings (SSSR count). The Morgan fingerprint density at radius 2 is 2.25 bits per heavy atom. The molecule has 0 fully saturated rings. The summed E-state index contributed by atoms with van der Waals surface area (Å²) in [4.78, 5) is 2.34. The van der Waals surface area contributed by atoms with Crippen LogP contribution in [0.3, 0.4) is 0 Å². The third kappa shape index (κ3) is 2.74. The lowest BCUT2D eigenvalue weighted by Gasteiger charge is -2.22. The third-order valence-corrected chi connectivity index (χ3v) is 2.91. The lowest BCUT2D eigenvalue weighted by Crippen LogP contribution is -2.31. The lowest BCUT2D eigenvalue weighted by atomic mass is 10.1. The summed E-state index contributed by atoms with van der Waals surface area (Å²) >= 11 is 0. The summed E-state index contributed by atoms with van der Waals surface area (Å²) in [7, 11) is 0. The standard InChI is InChI=1S/C13H19NO2/c1-11(10-15)8-14-6-7-16-13-5-3-2-4-12(13)9-14/h2-5,11,15H,6-10H2,1H3. The molecule has 1 aromatic rings. The number of benzene rings is 1. The maximum Gasteiger partial charge on any atom is 0.123 e. The first-order chi connectivity index (χ1) is 7.79. The van der Waals surface area contributed by atoms with Gasteiger partial charge in [-0.3, -0.25) is 4.90 Å². The maximum absolute atomic E-state index is 9.07. The highest BCUT2D eigenvalue weighted by Crippen LogP contribution is 2.22. The highest BCUT2D eigenvalue weighted by Gasteiger charge is 2.16. The molecule has 0 aromatic heterocycles. The fourth-order valence-electron chi connectivity index (χ4n) is 2.03. The van der Waals surface area contributed by atoms with E-state index < -0.39 is 0 Å². The number of hydrogen-bond donors (Lipinski definition) is 1. The first-order valence-electron chi connectivity index (χ1n) is 5.83. The summed E-state index contributed by atoms with van der Waals surface area (Å²) in [5.41, 5.74) is 1.24. The van der Waals surface area contributed by atoms with E-state index in [1.165, 1.54) is 5.56 Å². The summed E-state index contributed by atoms with van der Waals surface area (Å²) < 4.78 is 5.69. The number of hydrogen-bond acceptors (Lipinski definition) is 3. The van der Waals surface area contributed by atoms with Crippen molar-refractivity contribution in [1.82, 2.24) is 4.90 Å². The Labute approximate surface area is 96.6 Å². The van der Waals surface area contributed by atoms with Crippen LogP contribution in [0.1, 0.15) is 12.5 Å². The molecule has 3 nitrogen and oxygen atoms in total. The van der Waals surface area contributed by atoms with Crippen LogP contribution in [0.15, 0.2) is 24.3 Å². The van der Waals surface area contributed by atoms with Crippen molar-refractivity contribution in [2.75, 3.05) is 26.3 Å². The number of nitrogens with zero attached hydrogens (tertiary/aromatic N) is 1. The molecule has 0 saturated carbocycles. The molecular formula is C13H19NO2. The monoisotopic (exact) mass is 221 g/mol. The molecule has 0 spiro atoms. The van der Waals surface area contributed by atoms with Gasteiger partial charge in [0.15, 0.2) is 0 Å². The summed E-state index contributed by atoms with van der Waals surface area (Å²) in [6.07, 6.45) is 0. The zero-order valence-electron chi connectivity index (χ0n) is 9.72. The van der Waals surface area contributed by atoms with Gasteiger partial charge in [0.25, 0.3) is 0 Å². The number of aliphatic hydroxyl groups is 1. The first-order valence-corrected chi connectivity index (χ1v) is 5.83. The molecule has 0 bridgehead atoms. The van der Waals surface area contributed by atoms with Crippen molar-refractivity contribution in [3.8, 4) is 5.75 Å². The summed E-state index contributed by atoms with van der Waals surface area (Å²) in [5.74, 6) is 1.33. The third-order valence-electron chi connectivity index (χ3n) is 2.91. The van der Waals surface area contributed by atoms with Gasteiger partial charge in [-0.15, -0.1) is 0 Å². The molecule has 3 heteroatoms. The van der Waals surface area contributed by atoms with E-state index >= 15 is 0 Å². The van der Waals surface area contributed by atoms with Gasteiger partial charge in [0.1, 0.15) is 12.4 Å². The second kappa shape index (κ2) is 5.32. The summed E-state index contributed by atoms with van der Waals surface area (Å²) in [5, 5.41) is 9.07. The van der Waals surface area contributed by atoms with Crippen LogP contribution in [0.2, 0.25) is 0 Å². The fourth-order valence-corrected chi connectivity index (χ4v) is 2.03. The topological polar surface area (TPSA) is 32.7 Å². The number of aliphatic hydroxyl groups excluding tert-OH is 1. The molecule has 88 valence electrons. The molecule has 0 aliphatic carbocycles. The molecule has 1 unspecified atom stereocenters. The fraction of sp³-hybridized carbons (Fsp3) is 0.538. The van der Waals surface area contributed by atoms with Crippen molar-refractivity contribution in [3.05, 3.63) is 29.8 Å². The van der Waals surface area contributed by atoms with Crippen molar-refractivity contribution in [2.24, 2.45) is 5.92 Å². The smallest absolute Gasteiger partial charge is 0.123 e. The Balaban J connectivity index is 2.05. The van der Waals surface area contributed by atoms with Crippen molar-refractivity contribution in [3.63, 3.8) is 0 Å². The van der Waals surface area contributed by atoms with Gasteiger partial charge in [0, 0.05) is 31.8 Å². The van der Waals surface area contributed by atoms with E-state index in [2.05, 4.69) is 17.9 Å². The van der Waals surface area contributed by atoms with Crippen LogP contribution in [0, 0.1) is 5.92 Å². The van der Waals surface area contributed by atoms with E-state index in [-0.39, 0.29) is 6.61 Å². The first kappa shape index (κ1) is 11.4. The highest BCUT2D eigenvalue weighted by molar-refractivity contribution is 5.33. The minimum atomic E-state index is 0.249. The van der Waals surface area contributed by atoms with E-state index in [0.717, 1.165) is 32.0 Å². The largest absolute Gasteiger partial charge is 0.492 e. The lowest BCUT2D eigenvalue weighted by molar-refractivity contribution is 0.159. The van der Waals surface area contributed by atoms with Crippen molar-refractivity contribution in [2.45, 2.75) is 13.5 Å². The van der Waals surface area contributed by atoms with E-state index in [1.807, 2.05) is 18.2 Å². The van der Waals surface area contributed by atoms with Crippen molar-refractivity contribution < 1.29 is 9.84 Å². The second-order valence-electron chi connectivity index (χ2n) is 4.48. The highest BCUT2D eigenvalue weighted by atomic mass is 16.5. The maximum atomic E-state index is 9.07. The Bertz CT molecular complexity index is 340. The van der Waals surface area contributed by atoms with E-state index in [0.29, 0.717) is 5.92 Å². The van der Waals surface area contributed by atoms with Gasteiger partial charge < -0.3 is 9.84 Å². The average molecular weight is 221 g/mol. The summed E-state index contributed by atoms with van der Waals surface area (Å²) in [6.45, 7) is 5.82. The summed E-state index contributed by atoms with van der Waals surface area (Å²) in [6, 6.07) is 8.18. The minimum Gasteiger partial charge on any atom is -0.492 e. The molecule has 1 aliphatic heterocycles. The molecule has 1 aliphatic rings. The van der Waals surface area contributed by atoms with Crippen molar-refractivity contribution in [1.29, 1.82) is 0 Å². The molecule has 0 radical (unpaired) electrons. The Morgan fingerprint density at radius 1 is 1.44 bits per heavy atom. The number of fused-ring (bicyclic) bond motifs is 1. The molecule has 16 heavy (non-hydrogen) atoms. The molecule has 0 amide bonds. The molecule has 1 heterocycles. The van der Waals surface area contributed by atoms with Crippen LogP contribution < -0.4 is 4.74 Å². The molecular weight excluding hydrogens is 202 g/mol. The molecule has 1 N–H and O–H groups in total. The average Bonchev–Trinajstić information content (AvgIpc) is 2.50. The predicted octanol–water partition coefficient (Wildman–Crippen LogP) is 1.51. The molecule has 0 saturated heterocycles. The van der Waals surface area contributed by atoms with Crippen molar-refractivity contribution >= 4 is 0 Å². The zero-order valence-corrected chi connectivity index (χ0v) is 9.72. The quantitative estimate of drug-likeness (QED) is 0.839. The number of rotatable bonds is 3.